The first-order valence-corrected chi connectivity index (χ1v) is 10.4. The fourth-order valence-corrected chi connectivity index (χ4v) is 5.16. The first-order valence-electron chi connectivity index (χ1n) is 9.63. The molecule has 0 unspecified atom stereocenters. The number of carbonyl (C=O) groups is 1. The van der Waals surface area contributed by atoms with Crippen molar-refractivity contribution >= 4 is 22.8 Å². The highest BCUT2D eigenvalue weighted by Gasteiger charge is 2.26. The molecule has 1 aromatic heterocycles. The lowest BCUT2D eigenvalue weighted by Crippen LogP contribution is -2.27. The molecule has 1 saturated heterocycles. The summed E-state index contributed by atoms with van der Waals surface area (Å²) in [5.74, 6) is -0.160. The molecule has 142 valence electrons. The van der Waals surface area contributed by atoms with E-state index in [4.69, 9.17) is 0 Å². The number of nitrogens with one attached hydrogen (secondary N) is 1. The molecule has 0 radical (unpaired) electrons. The summed E-state index contributed by atoms with van der Waals surface area (Å²) in [5, 5.41) is 2.67. The van der Waals surface area contributed by atoms with E-state index in [-0.39, 0.29) is 12.5 Å². The standard InChI is InChI=1S/C22H25FN2OS/c1-25-12-8-16(9-13-25)21-17-5-3-2-4-15(17)6-7-19-18(21)14-20(27-19)22(26)24-11-10-23/h2-5,14H,6-13H2,1H3,(H,24,26). The quantitative estimate of drug-likeness (QED) is 0.865. The first-order chi connectivity index (χ1) is 13.2. The molecule has 1 N–H and O–H groups in total. The summed E-state index contributed by atoms with van der Waals surface area (Å²) >= 11 is 1.57. The highest BCUT2D eigenvalue weighted by atomic mass is 32.1. The van der Waals surface area contributed by atoms with Crippen molar-refractivity contribution in [1.29, 1.82) is 0 Å². The zero-order valence-corrected chi connectivity index (χ0v) is 16.5. The molecule has 27 heavy (non-hydrogen) atoms. The molecule has 0 spiro atoms. The third kappa shape index (κ3) is 3.71. The molecule has 1 aliphatic carbocycles. The summed E-state index contributed by atoms with van der Waals surface area (Å²) in [6.45, 7) is 1.69. The maximum absolute atomic E-state index is 12.4. The lowest BCUT2D eigenvalue weighted by Gasteiger charge is -2.27. The van der Waals surface area contributed by atoms with Crippen LogP contribution in [0, 0.1) is 0 Å². The zero-order chi connectivity index (χ0) is 18.8. The molecule has 0 atom stereocenters. The van der Waals surface area contributed by atoms with Gasteiger partial charge in [0, 0.05) is 24.5 Å². The van der Waals surface area contributed by atoms with E-state index in [0.29, 0.717) is 4.88 Å². The molecule has 0 saturated carbocycles. The van der Waals surface area contributed by atoms with Crippen LogP contribution in [-0.2, 0) is 12.8 Å². The molecule has 2 heterocycles. The van der Waals surface area contributed by atoms with Crippen molar-refractivity contribution in [3.05, 3.63) is 62.3 Å². The fraction of sp³-hybridized carbons (Fsp3) is 0.409. The number of halogens is 1. The number of hydrogen-bond acceptors (Lipinski definition) is 3. The molecule has 5 heteroatoms. The molecule has 1 amide bonds. The van der Waals surface area contributed by atoms with Crippen molar-refractivity contribution in [2.45, 2.75) is 25.7 Å². The zero-order valence-electron chi connectivity index (χ0n) is 15.7. The lowest BCUT2D eigenvalue weighted by molar-refractivity contribution is 0.0955. The van der Waals surface area contributed by atoms with Crippen LogP contribution < -0.4 is 5.32 Å². The number of aryl methyl sites for hydroxylation is 2. The predicted octanol–water partition coefficient (Wildman–Crippen LogP) is 4.07. The number of carbonyl (C=O) groups excluding carboxylic acids is 1. The maximum atomic E-state index is 12.4. The predicted molar refractivity (Wildman–Crippen MR) is 109 cm³/mol. The van der Waals surface area contributed by atoms with Crippen LogP contribution in [0.15, 0.2) is 35.9 Å². The lowest BCUT2D eigenvalue weighted by atomic mass is 9.87. The molecule has 1 fully saturated rings. The average molecular weight is 385 g/mol. The van der Waals surface area contributed by atoms with E-state index < -0.39 is 6.67 Å². The highest BCUT2D eigenvalue weighted by Crippen LogP contribution is 2.41. The Morgan fingerprint density at radius 2 is 1.93 bits per heavy atom. The van der Waals surface area contributed by atoms with Gasteiger partial charge in [-0.2, -0.15) is 0 Å². The number of piperidine rings is 1. The van der Waals surface area contributed by atoms with E-state index in [1.807, 2.05) is 6.07 Å². The van der Waals surface area contributed by atoms with E-state index in [0.717, 1.165) is 38.8 Å². The van der Waals surface area contributed by atoms with Gasteiger partial charge in [-0.05, 0) is 61.1 Å². The van der Waals surface area contributed by atoms with Crippen LogP contribution in [-0.4, -0.2) is 44.2 Å². The third-order valence-electron chi connectivity index (χ3n) is 5.53. The summed E-state index contributed by atoms with van der Waals surface area (Å²) in [4.78, 5) is 16.7. The summed E-state index contributed by atoms with van der Waals surface area (Å²) in [6, 6.07) is 10.7. The second-order valence-electron chi connectivity index (χ2n) is 7.33. The van der Waals surface area contributed by atoms with Gasteiger partial charge in [-0.15, -0.1) is 11.3 Å². The van der Waals surface area contributed by atoms with Gasteiger partial charge in [0.05, 0.1) is 4.88 Å². The third-order valence-corrected chi connectivity index (χ3v) is 6.73. The van der Waals surface area contributed by atoms with Gasteiger partial charge in [0.25, 0.3) is 5.91 Å². The summed E-state index contributed by atoms with van der Waals surface area (Å²) in [6.07, 6.45) is 4.08. The van der Waals surface area contributed by atoms with E-state index in [1.165, 1.54) is 32.7 Å². The Morgan fingerprint density at radius 1 is 1.15 bits per heavy atom. The number of amides is 1. The Kier molecular flexibility index (Phi) is 5.41. The van der Waals surface area contributed by atoms with Gasteiger partial charge < -0.3 is 10.2 Å². The van der Waals surface area contributed by atoms with Crippen molar-refractivity contribution < 1.29 is 9.18 Å². The Balaban J connectivity index is 1.81. The molecular formula is C22H25FN2OS. The minimum atomic E-state index is -0.535. The molecule has 1 aromatic carbocycles. The van der Waals surface area contributed by atoms with Crippen LogP contribution in [0.25, 0.3) is 5.57 Å². The second kappa shape index (κ2) is 7.95. The van der Waals surface area contributed by atoms with Crippen LogP contribution in [0.1, 0.15) is 44.1 Å². The summed E-state index contributed by atoms with van der Waals surface area (Å²) < 4.78 is 12.4. The van der Waals surface area contributed by atoms with Crippen molar-refractivity contribution in [3.63, 3.8) is 0 Å². The topological polar surface area (TPSA) is 32.3 Å². The van der Waals surface area contributed by atoms with Gasteiger partial charge in [-0.1, -0.05) is 29.8 Å². The van der Waals surface area contributed by atoms with E-state index in [1.54, 1.807) is 11.3 Å². The average Bonchev–Trinajstić information content (AvgIpc) is 3.04. The van der Waals surface area contributed by atoms with Crippen LogP contribution in [0.2, 0.25) is 0 Å². The van der Waals surface area contributed by atoms with Crippen molar-refractivity contribution in [2.24, 2.45) is 0 Å². The molecule has 2 aromatic rings. The van der Waals surface area contributed by atoms with Crippen LogP contribution in [0.3, 0.4) is 0 Å². The van der Waals surface area contributed by atoms with E-state index in [9.17, 15) is 9.18 Å². The Labute approximate surface area is 163 Å². The maximum Gasteiger partial charge on any atom is 0.261 e. The Bertz CT molecular complexity index is 876. The van der Waals surface area contributed by atoms with Crippen molar-refractivity contribution in [1.82, 2.24) is 10.2 Å². The summed E-state index contributed by atoms with van der Waals surface area (Å²) in [7, 11) is 2.17. The Hall–Kier alpha value is -1.98. The number of thiophene rings is 1. The van der Waals surface area contributed by atoms with Crippen LogP contribution in [0.5, 0.6) is 0 Å². The number of benzene rings is 1. The number of nitrogens with zero attached hydrogens (tertiary/aromatic N) is 1. The monoisotopic (exact) mass is 384 g/mol. The molecular weight excluding hydrogens is 359 g/mol. The van der Waals surface area contributed by atoms with Crippen LogP contribution in [0.4, 0.5) is 4.39 Å². The van der Waals surface area contributed by atoms with Crippen LogP contribution >= 0.6 is 11.3 Å². The number of hydrogen-bond donors (Lipinski definition) is 1. The van der Waals surface area contributed by atoms with E-state index >= 15 is 0 Å². The minimum absolute atomic E-state index is 0.0739. The number of alkyl halides is 1. The normalized spacial score (nSPS) is 17.3. The SMILES string of the molecule is CN1CCC(=C2c3ccccc3CCc3sc(C(=O)NCCF)cc32)CC1. The van der Waals surface area contributed by atoms with Gasteiger partial charge in [-0.25, -0.2) is 4.39 Å². The summed E-state index contributed by atoms with van der Waals surface area (Å²) in [5.41, 5.74) is 6.77. The fourth-order valence-electron chi connectivity index (χ4n) is 4.08. The molecule has 0 bridgehead atoms. The van der Waals surface area contributed by atoms with Gasteiger partial charge in [-0.3, -0.25) is 4.79 Å². The van der Waals surface area contributed by atoms with Gasteiger partial charge in [0.1, 0.15) is 6.67 Å². The smallest absolute Gasteiger partial charge is 0.261 e. The molecule has 1 aliphatic heterocycles. The molecule has 3 nitrogen and oxygen atoms in total. The minimum Gasteiger partial charge on any atom is -0.349 e. The van der Waals surface area contributed by atoms with Crippen molar-refractivity contribution in [3.8, 4) is 0 Å². The van der Waals surface area contributed by atoms with Gasteiger partial charge >= 0.3 is 0 Å². The van der Waals surface area contributed by atoms with E-state index in [2.05, 4.69) is 41.5 Å². The van der Waals surface area contributed by atoms with Gasteiger partial charge in [0.15, 0.2) is 0 Å². The Morgan fingerprint density at radius 3 is 2.70 bits per heavy atom. The molecule has 2 aliphatic rings. The number of rotatable bonds is 3. The number of fused-ring (bicyclic) bond motifs is 2. The first kappa shape index (κ1) is 18.4. The largest absolute Gasteiger partial charge is 0.349 e. The highest BCUT2D eigenvalue weighted by molar-refractivity contribution is 7.14. The molecule has 4 rings (SSSR count). The number of likely N-dealkylation sites (tertiary alicyclic amines) is 1. The van der Waals surface area contributed by atoms with Gasteiger partial charge in [0.2, 0.25) is 0 Å². The second-order valence-corrected chi connectivity index (χ2v) is 8.47. The van der Waals surface area contributed by atoms with Crippen molar-refractivity contribution in [2.75, 3.05) is 33.4 Å².